The molecular weight excluding hydrogens is 252 g/mol. The molecule has 1 saturated heterocycles. The van der Waals surface area contributed by atoms with Gasteiger partial charge in [-0.3, -0.25) is 0 Å². The zero-order valence-corrected chi connectivity index (χ0v) is 10.9. The molecule has 5 nitrogen and oxygen atoms in total. The smallest absolute Gasteiger partial charge is 0.280 e. The molecule has 0 bridgehead atoms. The predicted molar refractivity (Wildman–Crippen MR) is 69.1 cm³/mol. The fraction of sp³-hybridized carbons (Fsp3) is 0.500. The number of hydrogen-bond donors (Lipinski definition) is 2. The molecule has 18 heavy (non-hydrogen) atoms. The van der Waals surface area contributed by atoms with E-state index in [1.54, 1.807) is 12.1 Å². The summed E-state index contributed by atoms with van der Waals surface area (Å²) in [6, 6.07) is 8.51. The summed E-state index contributed by atoms with van der Waals surface area (Å²) in [5.41, 5.74) is 0.766. The maximum atomic E-state index is 12.1. The Balaban J connectivity index is 2.11. The van der Waals surface area contributed by atoms with E-state index in [4.69, 9.17) is 0 Å². The summed E-state index contributed by atoms with van der Waals surface area (Å²) in [6.45, 7) is 0.863. The van der Waals surface area contributed by atoms with Crippen LogP contribution in [0.4, 0.5) is 0 Å². The van der Waals surface area contributed by atoms with Crippen molar-refractivity contribution in [3.8, 4) is 0 Å². The third kappa shape index (κ3) is 3.08. The fourth-order valence-electron chi connectivity index (χ4n) is 2.08. The Kier molecular flexibility index (Phi) is 4.34. The molecule has 2 rings (SSSR count). The van der Waals surface area contributed by atoms with Gasteiger partial charge in [0.05, 0.1) is 12.6 Å². The van der Waals surface area contributed by atoms with Crippen LogP contribution in [0.25, 0.3) is 0 Å². The van der Waals surface area contributed by atoms with Gasteiger partial charge >= 0.3 is 0 Å². The van der Waals surface area contributed by atoms with Gasteiger partial charge in [0.25, 0.3) is 10.2 Å². The molecule has 0 saturated carbocycles. The molecule has 0 aromatic heterocycles. The minimum atomic E-state index is -3.50. The highest BCUT2D eigenvalue weighted by atomic mass is 32.2. The van der Waals surface area contributed by atoms with Gasteiger partial charge < -0.3 is 5.11 Å². The molecule has 1 heterocycles. The summed E-state index contributed by atoms with van der Waals surface area (Å²) in [7, 11) is -3.50. The number of aliphatic hydroxyl groups excluding tert-OH is 1. The lowest BCUT2D eigenvalue weighted by Crippen LogP contribution is -2.41. The Morgan fingerprint density at radius 3 is 2.39 bits per heavy atom. The highest BCUT2D eigenvalue weighted by molar-refractivity contribution is 7.87. The fourth-order valence-corrected chi connectivity index (χ4v) is 3.54. The van der Waals surface area contributed by atoms with Crippen molar-refractivity contribution in [2.75, 3.05) is 19.7 Å². The molecule has 6 heteroatoms. The van der Waals surface area contributed by atoms with Gasteiger partial charge in [0.15, 0.2) is 0 Å². The van der Waals surface area contributed by atoms with Gasteiger partial charge in [-0.1, -0.05) is 30.3 Å². The SMILES string of the molecule is O=S(=O)(N[C@@H](CO)c1ccccc1)N1CCCC1. The van der Waals surface area contributed by atoms with Crippen LogP contribution in [-0.2, 0) is 10.2 Å². The van der Waals surface area contributed by atoms with Gasteiger partial charge in [-0.15, -0.1) is 0 Å². The second-order valence-electron chi connectivity index (χ2n) is 4.37. The largest absolute Gasteiger partial charge is 0.394 e. The van der Waals surface area contributed by atoms with Gasteiger partial charge in [0.2, 0.25) is 0 Å². The Morgan fingerprint density at radius 1 is 1.22 bits per heavy atom. The zero-order valence-electron chi connectivity index (χ0n) is 10.1. The van der Waals surface area contributed by atoms with Crippen molar-refractivity contribution in [2.24, 2.45) is 0 Å². The van der Waals surface area contributed by atoms with Gasteiger partial charge in [0, 0.05) is 13.1 Å². The van der Waals surface area contributed by atoms with Crippen LogP contribution in [0.3, 0.4) is 0 Å². The molecule has 0 amide bonds. The third-order valence-electron chi connectivity index (χ3n) is 3.08. The maximum Gasteiger partial charge on any atom is 0.280 e. The van der Waals surface area contributed by atoms with Crippen LogP contribution in [0, 0.1) is 0 Å². The first-order chi connectivity index (χ1) is 8.63. The number of rotatable bonds is 5. The van der Waals surface area contributed by atoms with E-state index in [9.17, 15) is 13.5 Å². The summed E-state index contributed by atoms with van der Waals surface area (Å²) in [5.74, 6) is 0. The highest BCUT2D eigenvalue weighted by Gasteiger charge is 2.27. The van der Waals surface area contributed by atoms with Crippen molar-refractivity contribution in [3.63, 3.8) is 0 Å². The summed E-state index contributed by atoms with van der Waals surface area (Å²) >= 11 is 0. The van der Waals surface area contributed by atoms with Gasteiger partial charge in [0.1, 0.15) is 0 Å². The molecule has 2 N–H and O–H groups in total. The monoisotopic (exact) mass is 270 g/mol. The Bertz CT molecular complexity index is 469. The summed E-state index contributed by atoms with van der Waals surface area (Å²) in [5, 5.41) is 9.34. The number of nitrogens with one attached hydrogen (secondary N) is 1. The number of nitrogens with zero attached hydrogens (tertiary/aromatic N) is 1. The molecule has 0 radical (unpaired) electrons. The normalized spacial score (nSPS) is 18.9. The van der Waals surface area contributed by atoms with Crippen molar-refractivity contribution in [3.05, 3.63) is 35.9 Å². The number of aliphatic hydroxyl groups is 1. The molecule has 0 aliphatic carbocycles. The molecular formula is C12H18N2O3S. The highest BCUT2D eigenvalue weighted by Crippen LogP contribution is 2.17. The van der Waals surface area contributed by atoms with E-state index >= 15 is 0 Å². The Labute approximate surface area is 108 Å². The second kappa shape index (κ2) is 5.79. The van der Waals surface area contributed by atoms with Crippen LogP contribution in [0.5, 0.6) is 0 Å². The molecule has 1 aliphatic heterocycles. The Hall–Kier alpha value is -0.950. The average molecular weight is 270 g/mol. The molecule has 1 atom stereocenters. The van der Waals surface area contributed by atoms with E-state index in [1.165, 1.54) is 4.31 Å². The number of hydrogen-bond acceptors (Lipinski definition) is 3. The molecule has 1 aromatic rings. The third-order valence-corrected chi connectivity index (χ3v) is 4.71. The minimum Gasteiger partial charge on any atom is -0.394 e. The Morgan fingerprint density at radius 2 is 1.83 bits per heavy atom. The van der Waals surface area contributed by atoms with Crippen LogP contribution >= 0.6 is 0 Å². The topological polar surface area (TPSA) is 69.6 Å². The van der Waals surface area contributed by atoms with E-state index < -0.39 is 16.3 Å². The van der Waals surface area contributed by atoms with Crippen LogP contribution in [-0.4, -0.2) is 37.5 Å². The van der Waals surface area contributed by atoms with E-state index in [-0.39, 0.29) is 6.61 Å². The van der Waals surface area contributed by atoms with Crippen LogP contribution < -0.4 is 4.72 Å². The predicted octanol–water partition coefficient (Wildman–Crippen LogP) is 0.650. The lowest BCUT2D eigenvalue weighted by Gasteiger charge is -2.21. The van der Waals surface area contributed by atoms with E-state index in [1.807, 2.05) is 18.2 Å². The standard InChI is InChI=1S/C12H18N2O3S/c15-10-12(11-6-2-1-3-7-11)13-18(16,17)14-8-4-5-9-14/h1-3,6-7,12-13,15H,4-5,8-10H2/t12-/m0/s1. The molecule has 1 fully saturated rings. The van der Waals surface area contributed by atoms with Crippen molar-refractivity contribution in [2.45, 2.75) is 18.9 Å². The van der Waals surface area contributed by atoms with Gasteiger partial charge in [-0.25, -0.2) is 0 Å². The molecule has 1 aliphatic rings. The van der Waals surface area contributed by atoms with Crippen molar-refractivity contribution < 1.29 is 13.5 Å². The van der Waals surface area contributed by atoms with Crippen molar-refractivity contribution in [1.82, 2.24) is 9.03 Å². The molecule has 0 spiro atoms. The summed E-state index contributed by atoms with van der Waals surface area (Å²) < 4.78 is 28.1. The first-order valence-electron chi connectivity index (χ1n) is 6.06. The first kappa shape index (κ1) is 13.5. The van der Waals surface area contributed by atoms with Crippen molar-refractivity contribution >= 4 is 10.2 Å². The second-order valence-corrected chi connectivity index (χ2v) is 6.08. The maximum absolute atomic E-state index is 12.1. The minimum absolute atomic E-state index is 0.253. The summed E-state index contributed by atoms with van der Waals surface area (Å²) in [4.78, 5) is 0. The van der Waals surface area contributed by atoms with Crippen LogP contribution in [0.1, 0.15) is 24.4 Å². The van der Waals surface area contributed by atoms with Crippen LogP contribution in [0.2, 0.25) is 0 Å². The van der Waals surface area contributed by atoms with Crippen LogP contribution in [0.15, 0.2) is 30.3 Å². The quantitative estimate of drug-likeness (QED) is 0.825. The zero-order chi connectivity index (χ0) is 13.0. The molecule has 1 aromatic carbocycles. The van der Waals surface area contributed by atoms with Gasteiger partial charge in [-0.05, 0) is 18.4 Å². The van der Waals surface area contributed by atoms with E-state index in [0.29, 0.717) is 13.1 Å². The molecule has 0 unspecified atom stereocenters. The first-order valence-corrected chi connectivity index (χ1v) is 7.51. The van der Waals surface area contributed by atoms with Gasteiger partial charge in [-0.2, -0.15) is 17.4 Å². The van der Waals surface area contributed by atoms with E-state index in [2.05, 4.69) is 4.72 Å². The molecule has 100 valence electrons. The van der Waals surface area contributed by atoms with Crippen molar-refractivity contribution in [1.29, 1.82) is 0 Å². The lowest BCUT2D eigenvalue weighted by atomic mass is 10.1. The lowest BCUT2D eigenvalue weighted by molar-refractivity contribution is 0.256. The average Bonchev–Trinajstić information content (AvgIpc) is 2.92. The summed E-state index contributed by atoms with van der Waals surface area (Å²) in [6.07, 6.45) is 1.80. The van der Waals surface area contributed by atoms with E-state index in [0.717, 1.165) is 18.4 Å². The number of benzene rings is 1.